The number of H-pyrrole nitrogens is 1. The minimum atomic E-state index is -0.197. The summed E-state index contributed by atoms with van der Waals surface area (Å²) >= 11 is 1.73. The largest absolute Gasteiger partial charge is 0.398 e. The highest BCUT2D eigenvalue weighted by Gasteiger charge is 2.20. The number of aromatic amines is 1. The van der Waals surface area contributed by atoms with Crippen molar-refractivity contribution in [3.8, 4) is 0 Å². The number of rotatable bonds is 6. The predicted octanol–water partition coefficient (Wildman–Crippen LogP) is 5.66. The number of nitrogens with one attached hydrogen (secondary N) is 1. The minimum Gasteiger partial charge on any atom is -0.398 e. The van der Waals surface area contributed by atoms with Gasteiger partial charge in [-0.2, -0.15) is 11.8 Å². The van der Waals surface area contributed by atoms with Gasteiger partial charge in [0.1, 0.15) is 11.6 Å². The lowest BCUT2D eigenvalue weighted by Crippen LogP contribution is -2.10. The van der Waals surface area contributed by atoms with Gasteiger partial charge >= 0.3 is 0 Å². The molecule has 0 aliphatic carbocycles. The molecular formula is C23H22FN3S. The van der Waals surface area contributed by atoms with Crippen molar-refractivity contribution < 1.29 is 4.39 Å². The molecule has 142 valence electrons. The smallest absolute Gasteiger partial charge is 0.127 e. The van der Waals surface area contributed by atoms with Gasteiger partial charge in [-0.1, -0.05) is 48.0 Å². The van der Waals surface area contributed by atoms with E-state index < -0.39 is 0 Å². The van der Waals surface area contributed by atoms with Gasteiger partial charge in [0.25, 0.3) is 0 Å². The number of fused-ring (bicyclic) bond motifs is 1. The van der Waals surface area contributed by atoms with E-state index in [1.165, 1.54) is 6.07 Å². The number of imidazole rings is 1. The summed E-state index contributed by atoms with van der Waals surface area (Å²) in [5, 5.41) is 0. The molecule has 0 bridgehead atoms. The second-order valence-corrected chi connectivity index (χ2v) is 7.95. The number of anilines is 1. The van der Waals surface area contributed by atoms with Crippen molar-refractivity contribution in [1.29, 1.82) is 0 Å². The van der Waals surface area contributed by atoms with E-state index in [4.69, 9.17) is 5.73 Å². The second-order valence-electron chi connectivity index (χ2n) is 6.92. The van der Waals surface area contributed by atoms with Crippen LogP contribution in [0, 0.1) is 12.7 Å². The quantitative estimate of drug-likeness (QED) is 0.417. The number of para-hydroxylation sites is 2. The zero-order valence-electron chi connectivity index (χ0n) is 15.7. The number of nitrogen functional groups attached to an aromatic ring is 1. The van der Waals surface area contributed by atoms with Crippen molar-refractivity contribution in [2.75, 3.05) is 11.5 Å². The molecule has 28 heavy (non-hydrogen) atoms. The number of hydrogen-bond acceptors (Lipinski definition) is 3. The first-order chi connectivity index (χ1) is 13.6. The third-order valence-electron chi connectivity index (χ3n) is 4.86. The molecule has 3 aromatic carbocycles. The van der Waals surface area contributed by atoms with Crippen molar-refractivity contribution in [3.05, 3.63) is 95.1 Å². The van der Waals surface area contributed by atoms with E-state index in [1.807, 2.05) is 55.5 Å². The van der Waals surface area contributed by atoms with Gasteiger partial charge in [-0.15, -0.1) is 0 Å². The Morgan fingerprint density at radius 3 is 2.64 bits per heavy atom. The van der Waals surface area contributed by atoms with Crippen molar-refractivity contribution >= 4 is 28.5 Å². The molecular weight excluding hydrogens is 369 g/mol. The zero-order chi connectivity index (χ0) is 19.5. The number of aryl methyl sites for hydroxylation is 1. The fourth-order valence-corrected chi connectivity index (χ4v) is 4.49. The lowest BCUT2D eigenvalue weighted by atomic mass is 9.90. The lowest BCUT2D eigenvalue weighted by Gasteiger charge is -2.20. The maximum atomic E-state index is 14.6. The van der Waals surface area contributed by atoms with Crippen LogP contribution in [-0.4, -0.2) is 15.7 Å². The molecule has 0 saturated carbocycles. The first kappa shape index (κ1) is 18.6. The third-order valence-corrected chi connectivity index (χ3v) is 5.91. The van der Waals surface area contributed by atoms with E-state index in [1.54, 1.807) is 17.8 Å². The van der Waals surface area contributed by atoms with Gasteiger partial charge < -0.3 is 10.7 Å². The number of hydrogen-bond donors (Lipinski definition) is 2. The Kier molecular flexibility index (Phi) is 5.35. The van der Waals surface area contributed by atoms with E-state index in [-0.39, 0.29) is 11.7 Å². The molecule has 1 heterocycles. The molecule has 0 aliphatic rings. The Hall–Kier alpha value is -2.79. The molecule has 1 atom stereocenters. The Morgan fingerprint density at radius 1 is 1.04 bits per heavy atom. The summed E-state index contributed by atoms with van der Waals surface area (Å²) in [4.78, 5) is 7.98. The SMILES string of the molecule is Cc1ccc(N)c(C(CSCc2nc3ccccc3[nH]2)c2ccccc2F)c1. The number of aromatic nitrogens is 2. The highest BCUT2D eigenvalue weighted by molar-refractivity contribution is 7.98. The highest BCUT2D eigenvalue weighted by Crippen LogP contribution is 2.34. The van der Waals surface area contributed by atoms with Crippen molar-refractivity contribution in [1.82, 2.24) is 9.97 Å². The number of nitrogens with two attached hydrogens (primary N) is 1. The summed E-state index contributed by atoms with van der Waals surface area (Å²) in [6.07, 6.45) is 0. The summed E-state index contributed by atoms with van der Waals surface area (Å²) in [7, 11) is 0. The second kappa shape index (κ2) is 8.07. The van der Waals surface area contributed by atoms with E-state index in [9.17, 15) is 4.39 Å². The molecule has 0 aliphatic heterocycles. The molecule has 1 aromatic heterocycles. The van der Waals surface area contributed by atoms with Gasteiger partial charge in [0.2, 0.25) is 0 Å². The van der Waals surface area contributed by atoms with Gasteiger partial charge in [-0.25, -0.2) is 9.37 Å². The van der Waals surface area contributed by atoms with E-state index >= 15 is 0 Å². The van der Waals surface area contributed by atoms with Crippen LogP contribution in [0.1, 0.15) is 28.4 Å². The Morgan fingerprint density at radius 2 is 1.82 bits per heavy atom. The van der Waals surface area contributed by atoms with E-state index in [2.05, 4.69) is 16.0 Å². The Bertz CT molecular complexity index is 1070. The summed E-state index contributed by atoms with van der Waals surface area (Å²) in [6.45, 7) is 2.03. The first-order valence-corrected chi connectivity index (χ1v) is 10.4. The fourth-order valence-electron chi connectivity index (χ4n) is 3.45. The fraction of sp³-hybridized carbons (Fsp3) is 0.174. The van der Waals surface area contributed by atoms with Crippen molar-refractivity contribution in [3.63, 3.8) is 0 Å². The van der Waals surface area contributed by atoms with Crippen molar-refractivity contribution in [2.45, 2.75) is 18.6 Å². The van der Waals surface area contributed by atoms with Gasteiger partial charge in [0, 0.05) is 17.4 Å². The lowest BCUT2D eigenvalue weighted by molar-refractivity contribution is 0.604. The average molecular weight is 392 g/mol. The molecule has 3 N–H and O–H groups in total. The topological polar surface area (TPSA) is 54.7 Å². The standard InChI is InChI=1S/C23H22FN3S/c1-15-10-11-20(25)17(12-15)18(16-6-2-3-7-19(16)24)13-28-14-23-26-21-8-4-5-9-22(21)27-23/h2-12,18H,13-14,25H2,1H3,(H,26,27). The van der Waals surface area contributed by atoms with Crippen LogP contribution in [0.4, 0.5) is 10.1 Å². The number of benzene rings is 3. The molecule has 0 amide bonds. The maximum absolute atomic E-state index is 14.6. The van der Waals surface area contributed by atoms with Gasteiger partial charge in [0.15, 0.2) is 0 Å². The zero-order valence-corrected chi connectivity index (χ0v) is 16.5. The average Bonchev–Trinajstić information content (AvgIpc) is 3.11. The molecule has 0 fully saturated rings. The van der Waals surface area contributed by atoms with Crippen LogP contribution in [0.3, 0.4) is 0 Å². The molecule has 0 spiro atoms. The Labute approximate surface area is 168 Å². The summed E-state index contributed by atoms with van der Waals surface area (Å²) in [5.41, 5.74) is 11.7. The molecule has 4 rings (SSSR count). The molecule has 0 radical (unpaired) electrons. The Balaban J connectivity index is 1.58. The van der Waals surface area contributed by atoms with Crippen LogP contribution in [0.5, 0.6) is 0 Å². The van der Waals surface area contributed by atoms with Crippen LogP contribution in [-0.2, 0) is 5.75 Å². The molecule has 3 nitrogen and oxygen atoms in total. The number of halogens is 1. The number of thioether (sulfide) groups is 1. The molecule has 5 heteroatoms. The molecule has 4 aromatic rings. The van der Waals surface area contributed by atoms with Crippen LogP contribution in [0.25, 0.3) is 11.0 Å². The normalized spacial score (nSPS) is 12.4. The van der Waals surface area contributed by atoms with Gasteiger partial charge in [-0.05, 0) is 42.3 Å². The summed E-state index contributed by atoms with van der Waals surface area (Å²) in [6, 6.07) is 20.9. The van der Waals surface area contributed by atoms with Crippen molar-refractivity contribution in [2.24, 2.45) is 0 Å². The van der Waals surface area contributed by atoms with E-state index in [0.29, 0.717) is 17.0 Å². The highest BCUT2D eigenvalue weighted by atomic mass is 32.2. The van der Waals surface area contributed by atoms with Crippen LogP contribution < -0.4 is 5.73 Å². The van der Waals surface area contributed by atoms with Gasteiger partial charge in [-0.3, -0.25) is 0 Å². The monoisotopic (exact) mass is 391 g/mol. The molecule has 0 saturated heterocycles. The van der Waals surface area contributed by atoms with Crippen LogP contribution >= 0.6 is 11.8 Å². The summed E-state index contributed by atoms with van der Waals surface area (Å²) < 4.78 is 14.6. The summed E-state index contributed by atoms with van der Waals surface area (Å²) in [5.74, 6) is 2.06. The van der Waals surface area contributed by atoms with E-state index in [0.717, 1.165) is 33.7 Å². The number of nitrogens with zero attached hydrogens (tertiary/aromatic N) is 1. The van der Waals surface area contributed by atoms with Gasteiger partial charge in [0.05, 0.1) is 16.8 Å². The first-order valence-electron chi connectivity index (χ1n) is 9.23. The predicted molar refractivity (Wildman–Crippen MR) is 116 cm³/mol. The minimum absolute atomic E-state index is 0.115. The third kappa shape index (κ3) is 3.90. The maximum Gasteiger partial charge on any atom is 0.127 e. The molecule has 1 unspecified atom stereocenters. The van der Waals surface area contributed by atoms with Crippen LogP contribution in [0.2, 0.25) is 0 Å². The van der Waals surface area contributed by atoms with Crippen LogP contribution in [0.15, 0.2) is 66.7 Å².